The van der Waals surface area contributed by atoms with E-state index in [4.69, 9.17) is 11.6 Å². The largest absolute Gasteiger partial charge is 0.275 e. The second-order valence-electron chi connectivity index (χ2n) is 9.19. The van der Waals surface area contributed by atoms with Gasteiger partial charge in [-0.05, 0) is 36.5 Å². The zero-order chi connectivity index (χ0) is 26.8. The quantitative estimate of drug-likeness (QED) is 0.193. The number of fused-ring (bicyclic) bond motifs is 5. The number of carbonyl (C=O) groups is 3. The number of nitro benzene ring substituents is 2. The van der Waals surface area contributed by atoms with Gasteiger partial charge in [0, 0.05) is 38.4 Å². The molecule has 0 spiro atoms. The Labute approximate surface area is 231 Å². The van der Waals surface area contributed by atoms with Crippen LogP contribution in [-0.2, 0) is 16.1 Å². The summed E-state index contributed by atoms with van der Waals surface area (Å²) in [6.45, 7) is -0.503. The van der Waals surface area contributed by atoms with Gasteiger partial charge in [-0.1, -0.05) is 49.5 Å². The van der Waals surface area contributed by atoms with Crippen LogP contribution in [0.15, 0.2) is 42.5 Å². The van der Waals surface area contributed by atoms with Gasteiger partial charge in [0.1, 0.15) is 0 Å². The van der Waals surface area contributed by atoms with E-state index in [0.29, 0.717) is 6.42 Å². The third-order valence-electron chi connectivity index (χ3n) is 7.31. The molecule has 5 rings (SSSR count). The standard InChI is InChI=1S/C23H17Br2ClN4O7/c24-19-14-8-15(20(19)25)18-17(14)22(32)28(23(18)33)27(9-11-4-5-12(26)7-16(11)30(36)37)21(31)10-2-1-3-13(6-10)29(34)35/h1-7,14-15,17-20H,8-9H2/t14-,15-,17-,18-,19-,20+/m1/s1. The van der Waals surface area contributed by atoms with Gasteiger partial charge in [0.15, 0.2) is 0 Å². The summed E-state index contributed by atoms with van der Waals surface area (Å²) in [5.41, 5.74) is -0.875. The smallest absolute Gasteiger partial charge is 0.272 e. The number of benzene rings is 2. The van der Waals surface area contributed by atoms with Crippen molar-refractivity contribution in [1.29, 1.82) is 0 Å². The molecule has 0 unspecified atom stereocenters. The summed E-state index contributed by atoms with van der Waals surface area (Å²) in [5, 5.41) is 24.7. The number of nitrogens with zero attached hydrogens (tertiary/aromatic N) is 4. The van der Waals surface area contributed by atoms with Crippen LogP contribution in [0.2, 0.25) is 5.02 Å². The number of hydrogen-bond acceptors (Lipinski definition) is 7. The maximum absolute atomic E-state index is 13.7. The first-order valence-corrected chi connectivity index (χ1v) is 13.4. The van der Waals surface area contributed by atoms with Gasteiger partial charge < -0.3 is 0 Å². The molecule has 0 radical (unpaired) electrons. The molecule has 1 saturated heterocycles. The Hall–Kier alpha value is -2.90. The van der Waals surface area contributed by atoms with Crippen molar-refractivity contribution in [1.82, 2.24) is 10.0 Å². The van der Waals surface area contributed by atoms with Crippen LogP contribution in [0, 0.1) is 43.9 Å². The Morgan fingerprint density at radius 2 is 1.62 bits per heavy atom. The lowest BCUT2D eigenvalue weighted by molar-refractivity contribution is -0.385. The molecule has 0 aromatic heterocycles. The number of imide groups is 1. The summed E-state index contributed by atoms with van der Waals surface area (Å²) in [4.78, 5) is 62.6. The fourth-order valence-corrected chi connectivity index (χ4v) is 7.75. The molecule has 192 valence electrons. The Bertz CT molecular complexity index is 1340. The molecule has 2 bridgehead atoms. The van der Waals surface area contributed by atoms with Crippen molar-refractivity contribution in [2.75, 3.05) is 0 Å². The van der Waals surface area contributed by atoms with E-state index >= 15 is 0 Å². The molecule has 14 heteroatoms. The Balaban J connectivity index is 1.58. The van der Waals surface area contributed by atoms with Crippen LogP contribution in [-0.4, -0.2) is 47.2 Å². The number of halogens is 3. The van der Waals surface area contributed by atoms with Gasteiger partial charge in [-0.15, -0.1) is 0 Å². The summed E-state index contributed by atoms with van der Waals surface area (Å²) in [6, 6.07) is 8.70. The van der Waals surface area contributed by atoms with Gasteiger partial charge in [-0.25, -0.2) is 5.01 Å². The van der Waals surface area contributed by atoms with E-state index < -0.39 is 51.6 Å². The first kappa shape index (κ1) is 25.7. The number of alkyl halides is 2. The fourth-order valence-electron chi connectivity index (χ4n) is 5.71. The third-order valence-corrected chi connectivity index (χ3v) is 10.7. The van der Waals surface area contributed by atoms with Gasteiger partial charge in [0.05, 0.1) is 33.8 Å². The van der Waals surface area contributed by atoms with Crippen molar-refractivity contribution in [2.45, 2.75) is 22.6 Å². The van der Waals surface area contributed by atoms with Gasteiger partial charge in [-0.3, -0.25) is 34.6 Å². The van der Waals surface area contributed by atoms with Crippen LogP contribution in [0.5, 0.6) is 0 Å². The molecule has 3 amide bonds. The molecule has 2 aliphatic carbocycles. The van der Waals surface area contributed by atoms with E-state index in [1.54, 1.807) is 0 Å². The van der Waals surface area contributed by atoms with Crippen molar-refractivity contribution in [3.05, 3.63) is 78.8 Å². The van der Waals surface area contributed by atoms with Crippen molar-refractivity contribution in [3.8, 4) is 0 Å². The second-order valence-corrected chi connectivity index (χ2v) is 11.7. The number of hydrogen-bond donors (Lipinski definition) is 0. The lowest BCUT2D eigenvalue weighted by Gasteiger charge is -2.31. The highest BCUT2D eigenvalue weighted by Crippen LogP contribution is 2.60. The summed E-state index contributed by atoms with van der Waals surface area (Å²) in [6.07, 6.45) is 0.675. The molecule has 1 heterocycles. The van der Waals surface area contributed by atoms with Crippen LogP contribution in [0.1, 0.15) is 22.3 Å². The molecule has 2 aromatic carbocycles. The number of rotatable bonds is 6. The Kier molecular flexibility index (Phi) is 6.57. The number of amides is 3. The summed E-state index contributed by atoms with van der Waals surface area (Å²) < 4.78 is 0. The van der Waals surface area contributed by atoms with E-state index in [1.165, 1.54) is 30.3 Å². The van der Waals surface area contributed by atoms with Gasteiger partial charge in [0.25, 0.3) is 29.1 Å². The highest BCUT2D eigenvalue weighted by Gasteiger charge is 2.67. The van der Waals surface area contributed by atoms with E-state index in [2.05, 4.69) is 31.9 Å². The summed E-state index contributed by atoms with van der Waals surface area (Å²) >= 11 is 13.2. The number of nitro groups is 2. The monoisotopic (exact) mass is 654 g/mol. The minimum absolute atomic E-state index is 0.0329. The fraction of sp³-hybridized carbons (Fsp3) is 0.348. The Morgan fingerprint density at radius 1 is 1.00 bits per heavy atom. The maximum atomic E-state index is 13.7. The number of carbonyl (C=O) groups excluding carboxylic acids is 3. The normalized spacial score (nSPS) is 27.9. The van der Waals surface area contributed by atoms with E-state index in [-0.39, 0.29) is 43.3 Å². The molecule has 0 N–H and O–H groups in total. The number of hydrazine groups is 1. The van der Waals surface area contributed by atoms with E-state index in [9.17, 15) is 34.6 Å². The van der Waals surface area contributed by atoms with Crippen molar-refractivity contribution < 1.29 is 24.2 Å². The van der Waals surface area contributed by atoms with E-state index in [0.717, 1.165) is 22.2 Å². The van der Waals surface area contributed by atoms with Crippen molar-refractivity contribution >= 4 is 72.6 Å². The van der Waals surface area contributed by atoms with Crippen LogP contribution in [0.4, 0.5) is 11.4 Å². The molecule has 2 aromatic rings. The molecule has 11 nitrogen and oxygen atoms in total. The van der Waals surface area contributed by atoms with Crippen LogP contribution in [0.3, 0.4) is 0 Å². The van der Waals surface area contributed by atoms with Gasteiger partial charge in [-0.2, -0.15) is 5.01 Å². The van der Waals surface area contributed by atoms with E-state index in [1.807, 2.05) is 0 Å². The maximum Gasteiger partial charge on any atom is 0.275 e. The highest BCUT2D eigenvalue weighted by atomic mass is 79.9. The highest BCUT2D eigenvalue weighted by molar-refractivity contribution is 9.12. The molecule has 6 atom stereocenters. The van der Waals surface area contributed by atoms with Gasteiger partial charge in [0.2, 0.25) is 0 Å². The van der Waals surface area contributed by atoms with Crippen molar-refractivity contribution in [3.63, 3.8) is 0 Å². The summed E-state index contributed by atoms with van der Waals surface area (Å²) in [5.74, 6) is -3.55. The average Bonchev–Trinajstić information content (AvgIpc) is 3.48. The first-order chi connectivity index (χ1) is 17.5. The minimum Gasteiger partial charge on any atom is -0.272 e. The Morgan fingerprint density at radius 3 is 2.19 bits per heavy atom. The third kappa shape index (κ3) is 4.12. The predicted molar refractivity (Wildman–Crippen MR) is 137 cm³/mol. The minimum atomic E-state index is -0.882. The second kappa shape index (κ2) is 9.44. The van der Waals surface area contributed by atoms with Crippen molar-refractivity contribution in [2.24, 2.45) is 23.7 Å². The van der Waals surface area contributed by atoms with Gasteiger partial charge >= 0.3 is 0 Å². The first-order valence-electron chi connectivity index (χ1n) is 11.2. The zero-order valence-corrected chi connectivity index (χ0v) is 22.6. The molecular formula is C23H17Br2ClN4O7. The molecule has 3 fully saturated rings. The molecule has 2 saturated carbocycles. The predicted octanol–water partition coefficient (Wildman–Crippen LogP) is 4.49. The van der Waals surface area contributed by atoms with Crippen LogP contribution in [0.25, 0.3) is 0 Å². The molecule has 1 aliphatic heterocycles. The molecule has 3 aliphatic rings. The topological polar surface area (TPSA) is 144 Å². The number of non-ortho nitro benzene ring substituents is 1. The SMILES string of the molecule is O=C(c1cccc([N+](=O)[O-])c1)N(Cc1ccc(Cl)cc1[N+](=O)[O-])N1C(=O)[C@@H]2[C@H]3C[C@@H]([C@@H](Br)[C@H]3Br)[C@H]2C1=O. The lowest BCUT2D eigenvalue weighted by atomic mass is 9.81. The summed E-state index contributed by atoms with van der Waals surface area (Å²) in [7, 11) is 0. The lowest BCUT2D eigenvalue weighted by Crippen LogP contribution is -2.50. The molecular weight excluding hydrogens is 640 g/mol. The average molecular weight is 657 g/mol. The van der Waals surface area contributed by atoms with Crippen LogP contribution < -0.4 is 0 Å². The van der Waals surface area contributed by atoms with Crippen LogP contribution >= 0.6 is 43.5 Å². The zero-order valence-electron chi connectivity index (χ0n) is 18.7. The molecule has 37 heavy (non-hydrogen) atoms.